The molecule has 0 spiro atoms. The summed E-state index contributed by atoms with van der Waals surface area (Å²) in [5.74, 6) is 0. The molecule has 1 heterocycles. The van der Waals surface area contributed by atoms with Gasteiger partial charge in [0.05, 0.1) is 0 Å². The van der Waals surface area contributed by atoms with Crippen LogP contribution in [0, 0.1) is 0 Å². The van der Waals surface area contributed by atoms with E-state index in [2.05, 4.69) is 12.2 Å². The molecule has 1 unspecified atom stereocenters. The number of nitrogens with one attached hydrogen (secondary N) is 1. The van der Waals surface area contributed by atoms with Gasteiger partial charge in [-0.05, 0) is 19.3 Å². The first-order valence-corrected chi connectivity index (χ1v) is 5.37. The largest absolute Gasteiger partial charge is 0.358 e. The number of nitrogens with zero attached hydrogens (tertiary/aromatic N) is 1. The quantitative estimate of drug-likeness (QED) is 0.748. The number of urea groups is 1. The zero-order chi connectivity index (χ0) is 10.4. The summed E-state index contributed by atoms with van der Waals surface area (Å²) >= 11 is 0. The van der Waals surface area contributed by atoms with E-state index in [-0.39, 0.29) is 12.3 Å². The minimum atomic E-state index is -0.0634. The van der Waals surface area contributed by atoms with E-state index in [9.17, 15) is 4.79 Å². The van der Waals surface area contributed by atoms with E-state index >= 15 is 0 Å². The van der Waals surface area contributed by atoms with E-state index in [1.165, 1.54) is 0 Å². The molecule has 0 aromatic rings. The van der Waals surface area contributed by atoms with Crippen molar-refractivity contribution >= 4 is 6.03 Å². The third kappa shape index (κ3) is 3.54. The van der Waals surface area contributed by atoms with E-state index in [1.807, 2.05) is 7.05 Å². The maximum absolute atomic E-state index is 11.5. The Morgan fingerprint density at radius 1 is 1.64 bits per heavy atom. The van der Waals surface area contributed by atoms with Gasteiger partial charge < -0.3 is 15.0 Å². The molecule has 82 valence electrons. The Kier molecular flexibility index (Phi) is 4.73. The summed E-state index contributed by atoms with van der Waals surface area (Å²) in [6.07, 6.45) is 4.08. The average molecular weight is 200 g/mol. The number of carbonyl (C=O) groups is 1. The first-order valence-electron chi connectivity index (χ1n) is 5.37. The number of hydrogen-bond acceptors (Lipinski definition) is 2. The molecule has 4 heteroatoms. The summed E-state index contributed by atoms with van der Waals surface area (Å²) in [7, 11) is 1.82. The smallest absolute Gasteiger partial charge is 0.319 e. The molecule has 2 amide bonds. The van der Waals surface area contributed by atoms with Crippen LogP contribution in [0.15, 0.2) is 0 Å². The highest BCUT2D eigenvalue weighted by atomic mass is 16.5. The Morgan fingerprint density at radius 3 is 3.00 bits per heavy atom. The molecule has 0 aromatic heterocycles. The topological polar surface area (TPSA) is 41.6 Å². The molecule has 0 saturated carbocycles. The Hall–Kier alpha value is -0.770. The summed E-state index contributed by atoms with van der Waals surface area (Å²) in [4.78, 5) is 13.3. The van der Waals surface area contributed by atoms with Crippen LogP contribution < -0.4 is 5.32 Å². The predicted octanol–water partition coefficient (Wildman–Crippen LogP) is 1.56. The molecule has 1 atom stereocenters. The minimum Gasteiger partial charge on any atom is -0.358 e. The number of hydrogen-bond donors (Lipinski definition) is 1. The number of carbonyl (C=O) groups excluding carboxylic acids is 1. The maximum Gasteiger partial charge on any atom is 0.319 e. The average Bonchev–Trinajstić information content (AvgIpc) is 2.66. The Bertz CT molecular complexity index is 179. The Morgan fingerprint density at radius 2 is 2.43 bits per heavy atom. The molecular formula is C10H20N2O2. The fraction of sp³-hybridized carbons (Fsp3) is 0.900. The van der Waals surface area contributed by atoms with E-state index < -0.39 is 0 Å². The standard InChI is InChI=1S/C10H20N2O2/c1-3-4-7-12(2)10(13)11-9-6-5-8-14-9/h9H,3-8H2,1-2H3,(H,11,13). The first-order chi connectivity index (χ1) is 6.74. The fourth-order valence-corrected chi connectivity index (χ4v) is 1.44. The van der Waals surface area contributed by atoms with Crippen molar-refractivity contribution in [1.29, 1.82) is 0 Å². The van der Waals surface area contributed by atoms with Gasteiger partial charge in [-0.15, -0.1) is 0 Å². The fourth-order valence-electron chi connectivity index (χ4n) is 1.44. The lowest BCUT2D eigenvalue weighted by Crippen LogP contribution is -2.43. The highest BCUT2D eigenvalue weighted by molar-refractivity contribution is 5.73. The zero-order valence-electron chi connectivity index (χ0n) is 9.08. The van der Waals surface area contributed by atoms with Crippen LogP contribution in [-0.2, 0) is 4.74 Å². The summed E-state index contributed by atoms with van der Waals surface area (Å²) < 4.78 is 5.32. The molecule has 0 aromatic carbocycles. The molecule has 0 bridgehead atoms. The molecule has 0 aliphatic carbocycles. The van der Waals surface area contributed by atoms with Gasteiger partial charge >= 0.3 is 6.03 Å². The Labute approximate surface area is 85.6 Å². The van der Waals surface area contributed by atoms with Crippen molar-refractivity contribution in [2.75, 3.05) is 20.2 Å². The number of ether oxygens (including phenoxy) is 1. The molecule has 1 saturated heterocycles. The van der Waals surface area contributed by atoms with Crippen LogP contribution in [0.3, 0.4) is 0 Å². The van der Waals surface area contributed by atoms with Crippen LogP contribution in [0.25, 0.3) is 0 Å². The van der Waals surface area contributed by atoms with Crippen LogP contribution in [0.4, 0.5) is 4.79 Å². The van der Waals surface area contributed by atoms with Crippen molar-refractivity contribution < 1.29 is 9.53 Å². The Balaban J connectivity index is 2.18. The van der Waals surface area contributed by atoms with E-state index in [0.717, 1.165) is 38.8 Å². The lowest BCUT2D eigenvalue weighted by Gasteiger charge is -2.20. The van der Waals surface area contributed by atoms with Crippen molar-refractivity contribution in [2.24, 2.45) is 0 Å². The predicted molar refractivity (Wildman–Crippen MR) is 55.0 cm³/mol. The molecule has 0 radical (unpaired) electrons. The minimum absolute atomic E-state index is 0.0228. The molecule has 4 nitrogen and oxygen atoms in total. The normalized spacial score (nSPS) is 20.9. The second kappa shape index (κ2) is 5.86. The van der Waals surface area contributed by atoms with Crippen LogP contribution in [0.2, 0.25) is 0 Å². The van der Waals surface area contributed by atoms with Gasteiger partial charge in [0.15, 0.2) is 0 Å². The summed E-state index contributed by atoms with van der Waals surface area (Å²) in [5, 5.41) is 2.85. The first kappa shape index (κ1) is 11.3. The van der Waals surface area contributed by atoms with Crippen LogP contribution in [0.5, 0.6) is 0 Å². The van der Waals surface area contributed by atoms with Gasteiger partial charge in [0.1, 0.15) is 6.23 Å². The van der Waals surface area contributed by atoms with Gasteiger partial charge in [0.25, 0.3) is 0 Å². The van der Waals surface area contributed by atoms with Gasteiger partial charge in [0.2, 0.25) is 0 Å². The summed E-state index contributed by atoms with van der Waals surface area (Å²) in [6.45, 7) is 3.70. The van der Waals surface area contributed by atoms with E-state index in [4.69, 9.17) is 4.74 Å². The van der Waals surface area contributed by atoms with E-state index in [1.54, 1.807) is 4.90 Å². The number of rotatable bonds is 4. The van der Waals surface area contributed by atoms with Crippen molar-refractivity contribution in [3.05, 3.63) is 0 Å². The van der Waals surface area contributed by atoms with Crippen molar-refractivity contribution in [1.82, 2.24) is 10.2 Å². The number of unbranched alkanes of at least 4 members (excludes halogenated alkanes) is 1. The second-order valence-electron chi connectivity index (χ2n) is 3.73. The third-order valence-corrected chi connectivity index (χ3v) is 2.41. The van der Waals surface area contributed by atoms with Crippen molar-refractivity contribution in [3.63, 3.8) is 0 Å². The van der Waals surface area contributed by atoms with Gasteiger partial charge in [0, 0.05) is 20.2 Å². The molecule has 1 N–H and O–H groups in total. The molecule has 1 fully saturated rings. The monoisotopic (exact) mass is 200 g/mol. The molecule has 1 rings (SSSR count). The van der Waals surface area contributed by atoms with E-state index in [0.29, 0.717) is 0 Å². The summed E-state index contributed by atoms with van der Waals surface area (Å²) in [5.41, 5.74) is 0. The molecule has 14 heavy (non-hydrogen) atoms. The number of amides is 2. The SMILES string of the molecule is CCCCN(C)C(=O)NC1CCCO1. The maximum atomic E-state index is 11.5. The highest BCUT2D eigenvalue weighted by Crippen LogP contribution is 2.09. The van der Waals surface area contributed by atoms with Crippen molar-refractivity contribution in [2.45, 2.75) is 38.8 Å². The van der Waals surface area contributed by atoms with Gasteiger partial charge in [-0.25, -0.2) is 4.79 Å². The third-order valence-electron chi connectivity index (χ3n) is 2.41. The van der Waals surface area contributed by atoms with Crippen molar-refractivity contribution in [3.8, 4) is 0 Å². The lowest BCUT2D eigenvalue weighted by atomic mass is 10.3. The summed E-state index contributed by atoms with van der Waals surface area (Å²) in [6, 6.07) is -0.0228. The molecule has 1 aliphatic heterocycles. The molecular weight excluding hydrogens is 180 g/mol. The van der Waals surface area contributed by atoms with Gasteiger partial charge in [-0.2, -0.15) is 0 Å². The van der Waals surface area contributed by atoms with Crippen LogP contribution in [0.1, 0.15) is 32.6 Å². The lowest BCUT2D eigenvalue weighted by molar-refractivity contribution is 0.0851. The van der Waals surface area contributed by atoms with Gasteiger partial charge in [-0.1, -0.05) is 13.3 Å². The zero-order valence-corrected chi connectivity index (χ0v) is 9.08. The second-order valence-corrected chi connectivity index (χ2v) is 3.73. The highest BCUT2D eigenvalue weighted by Gasteiger charge is 2.18. The van der Waals surface area contributed by atoms with Gasteiger partial charge in [-0.3, -0.25) is 0 Å². The molecule has 1 aliphatic rings. The van der Waals surface area contributed by atoms with Crippen LogP contribution >= 0.6 is 0 Å². The van der Waals surface area contributed by atoms with Crippen LogP contribution in [-0.4, -0.2) is 37.4 Å².